The molecule has 1 aliphatic carbocycles. The van der Waals surface area contributed by atoms with Gasteiger partial charge in [-0.25, -0.2) is 4.79 Å². The van der Waals surface area contributed by atoms with Gasteiger partial charge in [0.1, 0.15) is 0 Å². The lowest BCUT2D eigenvalue weighted by molar-refractivity contribution is 0.206. The van der Waals surface area contributed by atoms with Gasteiger partial charge in [0, 0.05) is 32.0 Å². The molecule has 5 nitrogen and oxygen atoms in total. The number of hydrogen-bond acceptors (Lipinski definition) is 2. The van der Waals surface area contributed by atoms with Crippen LogP contribution in [0.5, 0.6) is 0 Å². The maximum Gasteiger partial charge on any atom is 0.317 e. The highest BCUT2D eigenvalue weighted by Crippen LogP contribution is 2.32. The Morgan fingerprint density at radius 3 is 2.40 bits per heavy atom. The Balaban J connectivity index is 1.27. The molecule has 2 unspecified atom stereocenters. The van der Waals surface area contributed by atoms with E-state index in [9.17, 15) is 4.79 Å². The highest BCUT2D eigenvalue weighted by molar-refractivity contribution is 5.74. The fraction of sp³-hybridized carbons (Fsp3) is 0.400. The average Bonchev–Trinajstić information content (AvgIpc) is 3.30. The molecule has 1 saturated heterocycles. The minimum absolute atomic E-state index is 0.0648. The van der Waals surface area contributed by atoms with Crippen LogP contribution in [0.15, 0.2) is 54.9 Å². The fourth-order valence-electron chi connectivity index (χ4n) is 3.81. The first-order valence-electron chi connectivity index (χ1n) is 9.01. The van der Waals surface area contributed by atoms with Crippen LogP contribution < -0.4 is 5.32 Å². The third-order valence-corrected chi connectivity index (χ3v) is 5.28. The van der Waals surface area contributed by atoms with Crippen LogP contribution in [0.2, 0.25) is 0 Å². The van der Waals surface area contributed by atoms with Crippen LogP contribution in [0.3, 0.4) is 0 Å². The number of carbonyl (C=O) groups excluding carboxylic acids is 1. The Morgan fingerprint density at radius 2 is 1.76 bits per heavy atom. The average molecular weight is 336 g/mol. The zero-order chi connectivity index (χ0) is 17.1. The van der Waals surface area contributed by atoms with Gasteiger partial charge in [-0.05, 0) is 41.9 Å². The van der Waals surface area contributed by atoms with E-state index in [1.54, 1.807) is 6.20 Å². The summed E-state index contributed by atoms with van der Waals surface area (Å²) in [6, 6.07) is 10.3. The van der Waals surface area contributed by atoms with E-state index in [1.807, 2.05) is 21.8 Å². The van der Waals surface area contributed by atoms with Crippen molar-refractivity contribution < 1.29 is 4.79 Å². The number of fused-ring (bicyclic) bond motifs is 1. The topological polar surface area (TPSA) is 50.2 Å². The van der Waals surface area contributed by atoms with Crippen molar-refractivity contribution in [2.45, 2.75) is 25.9 Å². The maximum absolute atomic E-state index is 12.4. The molecule has 2 heterocycles. The molecule has 4 rings (SSSR count). The zero-order valence-electron chi connectivity index (χ0n) is 14.3. The van der Waals surface area contributed by atoms with Crippen molar-refractivity contribution in [1.82, 2.24) is 20.0 Å². The van der Waals surface area contributed by atoms with E-state index in [0.29, 0.717) is 18.4 Å². The van der Waals surface area contributed by atoms with Crippen LogP contribution in [0.1, 0.15) is 24.0 Å². The van der Waals surface area contributed by atoms with Gasteiger partial charge in [-0.1, -0.05) is 36.4 Å². The second kappa shape index (κ2) is 7.13. The van der Waals surface area contributed by atoms with Gasteiger partial charge in [-0.15, -0.1) is 0 Å². The number of nitrogens with one attached hydrogen (secondary N) is 1. The first kappa shape index (κ1) is 15.9. The zero-order valence-corrected chi connectivity index (χ0v) is 14.3. The monoisotopic (exact) mass is 336 g/mol. The predicted molar refractivity (Wildman–Crippen MR) is 96.9 cm³/mol. The van der Waals surface area contributed by atoms with Gasteiger partial charge in [0.15, 0.2) is 0 Å². The standard InChI is InChI=1S/C20H24N4O/c25-20(23-14-18-4-1-2-5-19(18)15-23)21-12-16-6-8-17(9-7-16)13-24-11-3-10-22-24/h1-3,6-11,18-19H,4-5,12-15H2,(H,21,25). The lowest BCUT2D eigenvalue weighted by atomic mass is 9.86. The molecular formula is C20H24N4O. The molecule has 2 atom stereocenters. The van der Waals surface area contributed by atoms with E-state index in [0.717, 1.165) is 38.0 Å². The minimum atomic E-state index is 0.0648. The van der Waals surface area contributed by atoms with E-state index in [2.05, 4.69) is 46.8 Å². The molecule has 1 aliphatic heterocycles. The van der Waals surface area contributed by atoms with Crippen LogP contribution in [0.4, 0.5) is 4.79 Å². The first-order valence-corrected chi connectivity index (χ1v) is 9.01. The fourth-order valence-corrected chi connectivity index (χ4v) is 3.81. The van der Waals surface area contributed by atoms with Crippen molar-refractivity contribution >= 4 is 6.03 Å². The Morgan fingerprint density at radius 1 is 1.08 bits per heavy atom. The summed E-state index contributed by atoms with van der Waals surface area (Å²) in [5.74, 6) is 1.30. The summed E-state index contributed by atoms with van der Waals surface area (Å²) in [5.41, 5.74) is 2.32. The molecule has 1 aromatic heterocycles. The van der Waals surface area contributed by atoms with E-state index >= 15 is 0 Å². The van der Waals surface area contributed by atoms with Gasteiger partial charge in [-0.3, -0.25) is 4.68 Å². The SMILES string of the molecule is O=C(NCc1ccc(Cn2cccn2)cc1)N1CC2CC=CCC2C1. The first-order chi connectivity index (χ1) is 12.3. The smallest absolute Gasteiger partial charge is 0.317 e. The second-order valence-electron chi connectivity index (χ2n) is 7.05. The molecule has 0 spiro atoms. The van der Waals surface area contributed by atoms with Gasteiger partial charge >= 0.3 is 6.03 Å². The molecule has 130 valence electrons. The van der Waals surface area contributed by atoms with E-state index < -0.39 is 0 Å². The largest absolute Gasteiger partial charge is 0.334 e. The summed E-state index contributed by atoms with van der Waals surface area (Å²) in [6.45, 7) is 3.13. The lowest BCUT2D eigenvalue weighted by Gasteiger charge is -2.17. The number of rotatable bonds is 4. The maximum atomic E-state index is 12.4. The predicted octanol–water partition coefficient (Wildman–Crippen LogP) is 3.04. The number of allylic oxidation sites excluding steroid dienone is 2. The van der Waals surface area contributed by atoms with Crippen molar-refractivity contribution in [1.29, 1.82) is 0 Å². The van der Waals surface area contributed by atoms with Crippen molar-refractivity contribution in [3.63, 3.8) is 0 Å². The molecule has 0 bridgehead atoms. The Kier molecular flexibility index (Phi) is 4.55. The molecule has 2 aliphatic rings. The van der Waals surface area contributed by atoms with E-state index in [1.165, 1.54) is 5.56 Å². The number of likely N-dealkylation sites (tertiary alicyclic amines) is 1. The number of amides is 2. The molecule has 1 N–H and O–H groups in total. The van der Waals surface area contributed by atoms with Crippen LogP contribution in [-0.4, -0.2) is 33.8 Å². The second-order valence-corrected chi connectivity index (χ2v) is 7.05. The Bertz CT molecular complexity index is 720. The molecule has 0 radical (unpaired) electrons. The Labute approximate surface area is 148 Å². The summed E-state index contributed by atoms with van der Waals surface area (Å²) in [4.78, 5) is 14.4. The summed E-state index contributed by atoms with van der Waals surface area (Å²) in [5, 5.41) is 7.28. The van der Waals surface area contributed by atoms with Gasteiger partial charge in [0.25, 0.3) is 0 Å². The molecule has 0 saturated carbocycles. The van der Waals surface area contributed by atoms with Crippen LogP contribution in [0.25, 0.3) is 0 Å². The number of aromatic nitrogens is 2. The van der Waals surface area contributed by atoms with E-state index in [4.69, 9.17) is 0 Å². The summed E-state index contributed by atoms with van der Waals surface area (Å²) < 4.78 is 1.90. The van der Waals surface area contributed by atoms with Crippen LogP contribution in [0, 0.1) is 11.8 Å². The van der Waals surface area contributed by atoms with Gasteiger partial charge in [0.05, 0.1) is 6.54 Å². The van der Waals surface area contributed by atoms with Crippen LogP contribution >= 0.6 is 0 Å². The normalized spacial score (nSPS) is 22.0. The van der Waals surface area contributed by atoms with Gasteiger partial charge < -0.3 is 10.2 Å². The Hall–Kier alpha value is -2.56. The van der Waals surface area contributed by atoms with Crippen molar-refractivity contribution in [3.8, 4) is 0 Å². The molecule has 5 heteroatoms. The van der Waals surface area contributed by atoms with E-state index in [-0.39, 0.29) is 6.03 Å². The highest BCUT2D eigenvalue weighted by atomic mass is 16.2. The van der Waals surface area contributed by atoms with Gasteiger partial charge in [-0.2, -0.15) is 5.10 Å². The van der Waals surface area contributed by atoms with Crippen LogP contribution in [-0.2, 0) is 13.1 Å². The third-order valence-electron chi connectivity index (χ3n) is 5.28. The van der Waals surface area contributed by atoms with Crippen molar-refractivity contribution in [2.75, 3.05) is 13.1 Å². The summed E-state index contributed by atoms with van der Waals surface area (Å²) in [6.07, 6.45) is 10.5. The van der Waals surface area contributed by atoms with Crippen molar-refractivity contribution in [2.24, 2.45) is 11.8 Å². The molecule has 25 heavy (non-hydrogen) atoms. The number of hydrogen-bond donors (Lipinski definition) is 1. The number of urea groups is 1. The molecule has 1 fully saturated rings. The molecule has 2 aromatic rings. The number of carbonyl (C=O) groups is 1. The van der Waals surface area contributed by atoms with Gasteiger partial charge in [0.2, 0.25) is 0 Å². The molecular weight excluding hydrogens is 312 g/mol. The molecule has 2 amide bonds. The summed E-state index contributed by atoms with van der Waals surface area (Å²) in [7, 11) is 0. The summed E-state index contributed by atoms with van der Waals surface area (Å²) >= 11 is 0. The minimum Gasteiger partial charge on any atom is -0.334 e. The number of benzene rings is 1. The molecule has 1 aromatic carbocycles. The van der Waals surface area contributed by atoms with Crippen molar-refractivity contribution in [3.05, 3.63) is 66.0 Å². The lowest BCUT2D eigenvalue weighted by Crippen LogP contribution is -2.38. The number of nitrogens with zero attached hydrogens (tertiary/aromatic N) is 3. The third kappa shape index (κ3) is 3.76. The highest BCUT2D eigenvalue weighted by Gasteiger charge is 2.34. The quantitative estimate of drug-likeness (QED) is 0.873.